The summed E-state index contributed by atoms with van der Waals surface area (Å²) in [4.78, 5) is 3.27. The fourth-order valence-corrected chi connectivity index (χ4v) is 1.84. The Labute approximate surface area is 94.7 Å². The van der Waals surface area contributed by atoms with Crippen LogP contribution in [0.1, 0.15) is 11.3 Å². The number of halogens is 1. The molecule has 2 aromatic rings. The maximum absolute atomic E-state index is 9.39. The first-order valence-electron chi connectivity index (χ1n) is 4.72. The molecule has 4 N–H and O–H groups in total. The highest BCUT2D eigenvalue weighted by Gasteiger charge is 2.07. The molecule has 82 valence electrons. The summed E-state index contributed by atoms with van der Waals surface area (Å²) in [5, 5.41) is 10.5. The van der Waals surface area contributed by atoms with Crippen molar-refractivity contribution in [2.24, 2.45) is 5.73 Å². The second kappa shape index (κ2) is 4.55. The molecule has 1 aromatic heterocycles. The molecule has 1 aromatic carbocycles. The first-order chi connectivity index (χ1) is 6.72. The predicted octanol–water partition coefficient (Wildman–Crippen LogP) is 2.10. The summed E-state index contributed by atoms with van der Waals surface area (Å²) in [6, 6.07) is 5.35. The molecule has 0 aliphatic heterocycles. The molecule has 0 bridgehead atoms. The highest BCUT2D eigenvalue weighted by molar-refractivity contribution is 5.86. The number of nitrogens with two attached hydrogens (primary N) is 1. The van der Waals surface area contributed by atoms with Gasteiger partial charge < -0.3 is 15.8 Å². The van der Waals surface area contributed by atoms with Crippen LogP contribution in [0, 0.1) is 6.92 Å². The van der Waals surface area contributed by atoms with Gasteiger partial charge in [0.2, 0.25) is 0 Å². The van der Waals surface area contributed by atoms with Gasteiger partial charge in [-0.15, -0.1) is 12.4 Å². The summed E-state index contributed by atoms with van der Waals surface area (Å²) in [5.74, 6) is 0.301. The number of aromatic amines is 1. The van der Waals surface area contributed by atoms with Crippen LogP contribution >= 0.6 is 12.4 Å². The SMILES string of the molecule is Cc1[nH]c2ccc(O)cc2c1CCN.Cl. The third kappa shape index (κ3) is 2.08. The molecule has 0 unspecified atom stereocenters. The van der Waals surface area contributed by atoms with Crippen LogP contribution in [0.25, 0.3) is 10.9 Å². The number of aromatic nitrogens is 1. The van der Waals surface area contributed by atoms with Crippen molar-refractivity contribution >= 4 is 23.3 Å². The monoisotopic (exact) mass is 226 g/mol. The summed E-state index contributed by atoms with van der Waals surface area (Å²) in [6.45, 7) is 2.66. The van der Waals surface area contributed by atoms with Gasteiger partial charge in [-0.2, -0.15) is 0 Å². The third-order valence-corrected chi connectivity index (χ3v) is 2.50. The number of benzene rings is 1. The van der Waals surface area contributed by atoms with Crippen LogP contribution in [0.3, 0.4) is 0 Å². The maximum Gasteiger partial charge on any atom is 0.116 e. The van der Waals surface area contributed by atoms with E-state index in [1.54, 1.807) is 12.1 Å². The summed E-state index contributed by atoms with van der Waals surface area (Å²) in [5.41, 5.74) is 8.94. The van der Waals surface area contributed by atoms with E-state index in [1.807, 2.05) is 13.0 Å². The molecule has 0 spiro atoms. The minimum Gasteiger partial charge on any atom is -0.508 e. The molecule has 0 aliphatic rings. The zero-order chi connectivity index (χ0) is 10.1. The van der Waals surface area contributed by atoms with E-state index in [4.69, 9.17) is 5.73 Å². The van der Waals surface area contributed by atoms with Crippen molar-refractivity contribution in [2.45, 2.75) is 13.3 Å². The van der Waals surface area contributed by atoms with Gasteiger partial charge in [0.25, 0.3) is 0 Å². The zero-order valence-corrected chi connectivity index (χ0v) is 9.40. The van der Waals surface area contributed by atoms with Crippen LogP contribution < -0.4 is 5.73 Å². The van der Waals surface area contributed by atoms with Crippen LogP contribution in [0.2, 0.25) is 0 Å². The van der Waals surface area contributed by atoms with Gasteiger partial charge in [-0.25, -0.2) is 0 Å². The Balaban J connectivity index is 0.00000112. The van der Waals surface area contributed by atoms with Gasteiger partial charge >= 0.3 is 0 Å². The lowest BCUT2D eigenvalue weighted by atomic mass is 10.1. The van der Waals surface area contributed by atoms with Crippen LogP contribution in [0.4, 0.5) is 0 Å². The number of nitrogens with one attached hydrogen (secondary N) is 1. The van der Waals surface area contributed by atoms with Crippen molar-refractivity contribution in [3.05, 3.63) is 29.5 Å². The largest absolute Gasteiger partial charge is 0.508 e. The maximum atomic E-state index is 9.39. The summed E-state index contributed by atoms with van der Waals surface area (Å²) in [7, 11) is 0. The molecule has 0 saturated heterocycles. The number of hydrogen-bond donors (Lipinski definition) is 3. The highest BCUT2D eigenvalue weighted by Crippen LogP contribution is 2.25. The number of aryl methyl sites for hydroxylation is 1. The quantitative estimate of drug-likeness (QED) is 0.735. The Kier molecular flexibility index (Phi) is 3.61. The molecule has 3 nitrogen and oxygen atoms in total. The van der Waals surface area contributed by atoms with Crippen molar-refractivity contribution in [3.8, 4) is 5.75 Å². The van der Waals surface area contributed by atoms with E-state index in [0.717, 1.165) is 23.0 Å². The number of phenols is 1. The van der Waals surface area contributed by atoms with E-state index < -0.39 is 0 Å². The Hall–Kier alpha value is -1.19. The molecule has 2 rings (SSSR count). The van der Waals surface area contributed by atoms with Crippen LogP contribution in [-0.4, -0.2) is 16.6 Å². The molecule has 0 saturated carbocycles. The van der Waals surface area contributed by atoms with Crippen molar-refractivity contribution in [1.82, 2.24) is 4.98 Å². The number of H-pyrrole nitrogens is 1. The number of fused-ring (bicyclic) bond motifs is 1. The predicted molar refractivity (Wildman–Crippen MR) is 64.7 cm³/mol. The molecule has 0 aliphatic carbocycles. The molecular weight excluding hydrogens is 212 g/mol. The third-order valence-electron chi connectivity index (χ3n) is 2.50. The molecule has 0 amide bonds. The lowest BCUT2D eigenvalue weighted by molar-refractivity contribution is 0.476. The summed E-state index contributed by atoms with van der Waals surface area (Å²) < 4.78 is 0. The van der Waals surface area contributed by atoms with E-state index in [1.165, 1.54) is 5.56 Å². The molecule has 0 radical (unpaired) electrons. The van der Waals surface area contributed by atoms with Gasteiger partial charge in [0.15, 0.2) is 0 Å². The van der Waals surface area contributed by atoms with E-state index in [0.29, 0.717) is 12.3 Å². The van der Waals surface area contributed by atoms with Gasteiger partial charge in [0, 0.05) is 16.6 Å². The second-order valence-corrected chi connectivity index (χ2v) is 3.50. The zero-order valence-electron chi connectivity index (χ0n) is 8.58. The van der Waals surface area contributed by atoms with E-state index in [9.17, 15) is 5.11 Å². The minimum atomic E-state index is 0. The fourth-order valence-electron chi connectivity index (χ4n) is 1.84. The lowest BCUT2D eigenvalue weighted by Crippen LogP contribution is -2.03. The molecule has 0 fully saturated rings. The average Bonchev–Trinajstić information content (AvgIpc) is 2.45. The highest BCUT2D eigenvalue weighted by atomic mass is 35.5. The summed E-state index contributed by atoms with van der Waals surface area (Å²) in [6.07, 6.45) is 0.843. The molecular formula is C11H15ClN2O. The van der Waals surface area contributed by atoms with Crippen molar-refractivity contribution in [2.75, 3.05) is 6.54 Å². The van der Waals surface area contributed by atoms with Gasteiger partial charge in [0.05, 0.1) is 0 Å². The lowest BCUT2D eigenvalue weighted by Gasteiger charge is -1.98. The molecule has 1 heterocycles. The number of hydrogen-bond acceptors (Lipinski definition) is 2. The Morgan fingerprint density at radius 2 is 2.13 bits per heavy atom. The Bertz CT molecular complexity index is 465. The molecule has 0 atom stereocenters. The van der Waals surface area contributed by atoms with Gasteiger partial charge in [-0.3, -0.25) is 0 Å². The van der Waals surface area contributed by atoms with Gasteiger partial charge in [0.1, 0.15) is 5.75 Å². The standard InChI is InChI=1S/C11H14N2O.ClH/c1-7-9(4-5-12)10-6-8(14)2-3-11(10)13-7;/h2-3,6,13-14H,4-5,12H2,1H3;1H. The fraction of sp³-hybridized carbons (Fsp3) is 0.273. The average molecular weight is 227 g/mol. The topological polar surface area (TPSA) is 62.0 Å². The molecule has 15 heavy (non-hydrogen) atoms. The van der Waals surface area contributed by atoms with Crippen molar-refractivity contribution in [1.29, 1.82) is 0 Å². The van der Waals surface area contributed by atoms with E-state index >= 15 is 0 Å². The van der Waals surface area contributed by atoms with E-state index in [2.05, 4.69) is 4.98 Å². The Morgan fingerprint density at radius 1 is 1.40 bits per heavy atom. The van der Waals surface area contributed by atoms with Crippen molar-refractivity contribution in [3.63, 3.8) is 0 Å². The van der Waals surface area contributed by atoms with Crippen molar-refractivity contribution < 1.29 is 5.11 Å². The van der Waals surface area contributed by atoms with Crippen LogP contribution in [0.5, 0.6) is 5.75 Å². The Morgan fingerprint density at radius 3 is 2.80 bits per heavy atom. The first kappa shape index (κ1) is 11.9. The summed E-state index contributed by atoms with van der Waals surface area (Å²) >= 11 is 0. The minimum absolute atomic E-state index is 0. The second-order valence-electron chi connectivity index (χ2n) is 3.50. The first-order valence-corrected chi connectivity index (χ1v) is 4.72. The number of rotatable bonds is 2. The number of aromatic hydroxyl groups is 1. The molecule has 4 heteroatoms. The normalized spacial score (nSPS) is 10.3. The van der Waals surface area contributed by atoms with Gasteiger partial charge in [-0.1, -0.05) is 0 Å². The van der Waals surface area contributed by atoms with Gasteiger partial charge in [-0.05, 0) is 43.7 Å². The van der Waals surface area contributed by atoms with Crippen LogP contribution in [0.15, 0.2) is 18.2 Å². The smallest absolute Gasteiger partial charge is 0.116 e. The number of phenolic OH excluding ortho intramolecular Hbond substituents is 1. The van der Waals surface area contributed by atoms with Crippen LogP contribution in [-0.2, 0) is 6.42 Å². The van der Waals surface area contributed by atoms with E-state index in [-0.39, 0.29) is 12.4 Å².